The molecule has 134 valence electrons. The number of benzene rings is 1. The van der Waals surface area contributed by atoms with Gasteiger partial charge in [-0.25, -0.2) is 14.9 Å². The number of aromatic nitrogens is 2. The van der Waals surface area contributed by atoms with Crippen LogP contribution in [0.2, 0.25) is 0 Å². The van der Waals surface area contributed by atoms with E-state index in [1.54, 1.807) is 6.07 Å². The van der Waals surface area contributed by atoms with Crippen molar-refractivity contribution in [2.24, 2.45) is 0 Å². The fraction of sp³-hybridized carbons (Fsp3) is 0.400. The van der Waals surface area contributed by atoms with Crippen molar-refractivity contribution < 1.29 is 9.59 Å². The Hall–Kier alpha value is -2.21. The fourth-order valence-corrected chi connectivity index (χ4v) is 4.71. The van der Waals surface area contributed by atoms with E-state index in [1.807, 2.05) is 32.0 Å². The lowest BCUT2D eigenvalue weighted by Crippen LogP contribution is -2.31. The molecule has 0 unspecified atom stereocenters. The van der Waals surface area contributed by atoms with Crippen LogP contribution in [0.1, 0.15) is 41.8 Å². The molecule has 2 amide bonds. The first-order valence-electron chi connectivity index (χ1n) is 8.99. The van der Waals surface area contributed by atoms with E-state index in [4.69, 9.17) is 0 Å². The zero-order chi connectivity index (χ0) is 18.3. The highest BCUT2D eigenvalue weighted by atomic mass is 32.2. The zero-order valence-corrected chi connectivity index (χ0v) is 15.8. The molecule has 2 aromatic rings. The summed E-state index contributed by atoms with van der Waals surface area (Å²) in [4.78, 5) is 35.9. The van der Waals surface area contributed by atoms with Crippen LogP contribution >= 0.6 is 11.8 Å². The number of thioether (sulfide) groups is 1. The van der Waals surface area contributed by atoms with E-state index in [-0.39, 0.29) is 18.2 Å². The first kappa shape index (κ1) is 17.2. The van der Waals surface area contributed by atoms with Gasteiger partial charge in [0.05, 0.1) is 5.69 Å². The largest absolute Gasteiger partial charge is 0.274 e. The predicted molar refractivity (Wildman–Crippen MR) is 101 cm³/mol. The van der Waals surface area contributed by atoms with Crippen LogP contribution in [0.4, 0.5) is 5.69 Å². The maximum Gasteiger partial charge on any atom is 0.247 e. The molecule has 1 fully saturated rings. The third kappa shape index (κ3) is 3.14. The number of imide groups is 1. The molecule has 1 saturated heterocycles. The molecule has 0 saturated carbocycles. The number of hydrogen-bond acceptors (Lipinski definition) is 5. The van der Waals surface area contributed by atoms with Crippen LogP contribution in [-0.4, -0.2) is 27.0 Å². The van der Waals surface area contributed by atoms with Crippen LogP contribution in [0.5, 0.6) is 0 Å². The van der Waals surface area contributed by atoms with Gasteiger partial charge in [-0.3, -0.25) is 9.59 Å². The van der Waals surface area contributed by atoms with E-state index in [1.165, 1.54) is 28.6 Å². The van der Waals surface area contributed by atoms with Crippen molar-refractivity contribution >= 4 is 29.3 Å². The van der Waals surface area contributed by atoms with Gasteiger partial charge in [0, 0.05) is 17.8 Å². The minimum Gasteiger partial charge on any atom is -0.274 e. The van der Waals surface area contributed by atoms with Gasteiger partial charge in [0.2, 0.25) is 11.8 Å². The zero-order valence-electron chi connectivity index (χ0n) is 15.0. The molecule has 1 aromatic carbocycles. The summed E-state index contributed by atoms with van der Waals surface area (Å²) in [6, 6.07) is 7.48. The van der Waals surface area contributed by atoms with E-state index in [0.29, 0.717) is 10.8 Å². The maximum atomic E-state index is 12.8. The molecule has 0 radical (unpaired) electrons. The van der Waals surface area contributed by atoms with E-state index < -0.39 is 5.25 Å². The second-order valence-corrected chi connectivity index (χ2v) is 8.11. The normalized spacial score (nSPS) is 19.8. The summed E-state index contributed by atoms with van der Waals surface area (Å²) in [5.41, 5.74) is 5.04. The first-order valence-corrected chi connectivity index (χ1v) is 9.87. The van der Waals surface area contributed by atoms with E-state index in [9.17, 15) is 9.59 Å². The number of carbonyl (C=O) groups is 2. The van der Waals surface area contributed by atoms with Gasteiger partial charge in [0.1, 0.15) is 5.25 Å². The lowest BCUT2D eigenvalue weighted by molar-refractivity contribution is -0.121. The topological polar surface area (TPSA) is 63.2 Å². The van der Waals surface area contributed by atoms with Crippen LogP contribution in [0, 0.1) is 13.8 Å². The molecule has 2 heterocycles. The van der Waals surface area contributed by atoms with E-state index in [0.717, 1.165) is 36.2 Å². The summed E-state index contributed by atoms with van der Waals surface area (Å²) in [5.74, 6) is -0.336. The average Bonchev–Trinajstić information content (AvgIpc) is 2.88. The summed E-state index contributed by atoms with van der Waals surface area (Å²) in [6.45, 7) is 3.96. The minimum atomic E-state index is -0.455. The molecule has 1 atom stereocenters. The SMILES string of the molecule is Cc1cccc(N2C(=O)C[C@@H](Sc3nc(C)c4c(n3)CCCC4)C2=O)c1. The van der Waals surface area contributed by atoms with Gasteiger partial charge in [-0.2, -0.15) is 0 Å². The highest BCUT2D eigenvalue weighted by molar-refractivity contribution is 8.00. The summed E-state index contributed by atoms with van der Waals surface area (Å²) in [5, 5.41) is 0.157. The smallest absolute Gasteiger partial charge is 0.247 e. The van der Waals surface area contributed by atoms with Crippen LogP contribution in [-0.2, 0) is 22.4 Å². The Labute approximate surface area is 157 Å². The number of rotatable bonds is 3. The average molecular weight is 367 g/mol. The standard InChI is InChI=1S/C20H21N3O2S/c1-12-6-5-7-14(10-12)23-18(24)11-17(19(23)25)26-20-21-13(2)15-8-3-4-9-16(15)22-20/h5-7,10,17H,3-4,8-9,11H2,1-2H3/t17-/m1/s1. The Bertz CT molecular complexity index is 897. The van der Waals surface area contributed by atoms with Gasteiger partial charge in [-0.15, -0.1) is 0 Å². The molecule has 0 N–H and O–H groups in total. The van der Waals surface area contributed by atoms with Crippen molar-refractivity contribution in [2.75, 3.05) is 4.90 Å². The van der Waals surface area contributed by atoms with Gasteiger partial charge in [0.15, 0.2) is 5.16 Å². The number of aryl methyl sites for hydroxylation is 3. The summed E-state index contributed by atoms with van der Waals surface area (Å²) in [7, 11) is 0. The number of anilines is 1. The van der Waals surface area contributed by atoms with Gasteiger partial charge >= 0.3 is 0 Å². The van der Waals surface area contributed by atoms with Gasteiger partial charge < -0.3 is 0 Å². The first-order chi connectivity index (χ1) is 12.5. The number of carbonyl (C=O) groups excluding carboxylic acids is 2. The molecule has 1 aromatic heterocycles. The van der Waals surface area contributed by atoms with Gasteiger partial charge in [-0.1, -0.05) is 23.9 Å². The summed E-state index contributed by atoms with van der Waals surface area (Å²) < 4.78 is 0. The van der Waals surface area contributed by atoms with E-state index in [2.05, 4.69) is 9.97 Å². The fourth-order valence-electron chi connectivity index (χ4n) is 3.67. The van der Waals surface area contributed by atoms with Crippen LogP contribution in [0.15, 0.2) is 29.4 Å². The lowest BCUT2D eigenvalue weighted by Gasteiger charge is -2.18. The van der Waals surface area contributed by atoms with Crippen molar-refractivity contribution in [3.05, 3.63) is 46.8 Å². The summed E-state index contributed by atoms with van der Waals surface area (Å²) >= 11 is 1.32. The highest BCUT2D eigenvalue weighted by Gasteiger charge is 2.40. The quantitative estimate of drug-likeness (QED) is 0.615. The van der Waals surface area contributed by atoms with Crippen LogP contribution in [0.3, 0.4) is 0 Å². The highest BCUT2D eigenvalue weighted by Crippen LogP contribution is 2.34. The summed E-state index contributed by atoms with van der Waals surface area (Å²) in [6.07, 6.45) is 4.53. The van der Waals surface area contributed by atoms with E-state index >= 15 is 0 Å². The number of fused-ring (bicyclic) bond motifs is 1. The van der Waals surface area contributed by atoms with Crippen molar-refractivity contribution in [1.82, 2.24) is 9.97 Å². The molecule has 5 nitrogen and oxygen atoms in total. The van der Waals surface area contributed by atoms with Crippen molar-refractivity contribution in [2.45, 2.75) is 56.4 Å². The molecule has 26 heavy (non-hydrogen) atoms. The molecular formula is C20H21N3O2S. The predicted octanol–water partition coefficient (Wildman–Crippen LogP) is 3.40. The Kier molecular flexibility index (Phi) is 4.53. The van der Waals surface area contributed by atoms with Gasteiger partial charge in [0.25, 0.3) is 0 Å². The minimum absolute atomic E-state index is 0.159. The molecule has 2 aliphatic rings. The Morgan fingerprint density at radius 3 is 2.73 bits per heavy atom. The molecule has 1 aliphatic heterocycles. The monoisotopic (exact) mass is 367 g/mol. The lowest BCUT2D eigenvalue weighted by atomic mass is 9.95. The Balaban J connectivity index is 1.57. The van der Waals surface area contributed by atoms with Crippen LogP contribution < -0.4 is 4.90 Å². The van der Waals surface area contributed by atoms with Crippen molar-refractivity contribution in [1.29, 1.82) is 0 Å². The Morgan fingerprint density at radius 1 is 1.12 bits per heavy atom. The van der Waals surface area contributed by atoms with Crippen LogP contribution in [0.25, 0.3) is 0 Å². The molecular weight excluding hydrogens is 346 g/mol. The molecule has 1 aliphatic carbocycles. The second kappa shape index (κ2) is 6.83. The maximum absolute atomic E-state index is 12.8. The third-order valence-corrected chi connectivity index (χ3v) is 6.03. The Morgan fingerprint density at radius 2 is 1.92 bits per heavy atom. The molecule has 4 rings (SSSR count). The number of nitrogens with zero attached hydrogens (tertiary/aromatic N) is 3. The van der Waals surface area contributed by atoms with Gasteiger partial charge in [-0.05, 0) is 62.8 Å². The van der Waals surface area contributed by atoms with Crippen molar-refractivity contribution in [3.63, 3.8) is 0 Å². The molecule has 6 heteroatoms. The van der Waals surface area contributed by atoms with Crippen molar-refractivity contribution in [3.8, 4) is 0 Å². The molecule has 0 bridgehead atoms. The number of amides is 2. The molecule has 0 spiro atoms. The second-order valence-electron chi connectivity index (χ2n) is 6.94. The number of hydrogen-bond donors (Lipinski definition) is 0. The third-order valence-electron chi connectivity index (χ3n) is 4.98.